The zero-order valence-electron chi connectivity index (χ0n) is 10.8. The summed E-state index contributed by atoms with van der Waals surface area (Å²) in [5, 5.41) is 1.40. The Hall–Kier alpha value is -1.27. The van der Waals surface area contributed by atoms with Crippen molar-refractivity contribution < 1.29 is 13.2 Å². The summed E-state index contributed by atoms with van der Waals surface area (Å²) >= 11 is 5.87. The van der Waals surface area contributed by atoms with E-state index in [1.165, 1.54) is 25.1 Å². The number of rotatable bonds is 5. The van der Waals surface area contributed by atoms with Crippen LogP contribution < -0.4 is 11.1 Å². The van der Waals surface area contributed by atoms with Crippen LogP contribution in [-0.2, 0) is 14.6 Å². The van der Waals surface area contributed by atoms with Crippen molar-refractivity contribution in [1.29, 1.82) is 0 Å². The number of nitrogen functional groups attached to an aromatic ring is 1. The Balaban J connectivity index is 3.09. The molecule has 1 aromatic carbocycles. The van der Waals surface area contributed by atoms with E-state index in [4.69, 9.17) is 17.3 Å². The van der Waals surface area contributed by atoms with Crippen LogP contribution in [0.5, 0.6) is 0 Å². The van der Waals surface area contributed by atoms with Crippen LogP contribution in [0.2, 0.25) is 5.02 Å². The van der Waals surface area contributed by atoms with E-state index in [0.717, 1.165) is 6.42 Å². The van der Waals surface area contributed by atoms with Gasteiger partial charge in [-0.2, -0.15) is 0 Å². The second kappa shape index (κ2) is 6.25. The number of carbonyl (C=O) groups excluding carboxylic acids is 1. The number of anilines is 1. The van der Waals surface area contributed by atoms with E-state index in [2.05, 4.69) is 5.32 Å². The number of nitrogens with one attached hydrogen (secondary N) is 1. The van der Waals surface area contributed by atoms with Gasteiger partial charge in [-0.15, -0.1) is 0 Å². The molecule has 0 aliphatic rings. The van der Waals surface area contributed by atoms with E-state index < -0.39 is 21.0 Å². The van der Waals surface area contributed by atoms with Gasteiger partial charge < -0.3 is 11.1 Å². The zero-order chi connectivity index (χ0) is 14.6. The van der Waals surface area contributed by atoms with E-state index in [9.17, 15) is 13.2 Å². The first-order valence-electron chi connectivity index (χ1n) is 5.87. The summed E-state index contributed by atoms with van der Waals surface area (Å²) in [6.45, 7) is 3.65. The Labute approximate surface area is 118 Å². The minimum absolute atomic E-state index is 0.0596. The van der Waals surface area contributed by atoms with E-state index in [0.29, 0.717) is 6.54 Å². The average Bonchev–Trinajstić information content (AvgIpc) is 2.37. The van der Waals surface area contributed by atoms with Crippen LogP contribution in [0.15, 0.2) is 23.1 Å². The highest BCUT2D eigenvalue weighted by Crippen LogP contribution is 2.27. The number of halogens is 1. The van der Waals surface area contributed by atoms with Gasteiger partial charge in [-0.3, -0.25) is 4.79 Å². The van der Waals surface area contributed by atoms with Crippen LogP contribution in [0.25, 0.3) is 0 Å². The van der Waals surface area contributed by atoms with E-state index in [1.807, 2.05) is 6.92 Å². The highest BCUT2D eigenvalue weighted by atomic mass is 35.5. The molecular weight excluding hydrogens is 288 g/mol. The highest BCUT2D eigenvalue weighted by molar-refractivity contribution is 7.92. The fraction of sp³-hybridized carbons (Fsp3) is 0.417. The number of nitrogens with two attached hydrogens (primary N) is 1. The summed E-state index contributed by atoms with van der Waals surface area (Å²) in [4.78, 5) is 11.6. The molecule has 0 bridgehead atoms. The quantitative estimate of drug-likeness (QED) is 0.809. The second-order valence-electron chi connectivity index (χ2n) is 4.17. The topological polar surface area (TPSA) is 89.3 Å². The van der Waals surface area contributed by atoms with Crippen LogP contribution >= 0.6 is 11.6 Å². The van der Waals surface area contributed by atoms with Crippen molar-refractivity contribution in [2.45, 2.75) is 30.4 Å². The van der Waals surface area contributed by atoms with Gasteiger partial charge >= 0.3 is 0 Å². The SMILES string of the molecule is CCCNC(=O)C(C)S(=O)(=O)c1cc(N)ccc1Cl. The summed E-state index contributed by atoms with van der Waals surface area (Å²) in [5.74, 6) is -0.541. The third-order valence-corrected chi connectivity index (χ3v) is 5.18. The molecule has 1 amide bonds. The molecule has 1 atom stereocenters. The molecular formula is C12H17ClN2O3S. The molecule has 0 fully saturated rings. The molecule has 106 valence electrons. The van der Waals surface area contributed by atoms with Crippen LogP contribution in [-0.4, -0.2) is 26.1 Å². The molecule has 0 heterocycles. The van der Waals surface area contributed by atoms with Gasteiger partial charge in [0.1, 0.15) is 5.25 Å². The number of carbonyl (C=O) groups is 1. The Morgan fingerprint density at radius 2 is 2.11 bits per heavy atom. The predicted molar refractivity (Wildman–Crippen MR) is 75.8 cm³/mol. The van der Waals surface area contributed by atoms with Gasteiger partial charge in [0.25, 0.3) is 0 Å². The zero-order valence-corrected chi connectivity index (χ0v) is 12.4. The molecule has 0 saturated carbocycles. The summed E-state index contributed by atoms with van der Waals surface area (Å²) in [6.07, 6.45) is 0.734. The van der Waals surface area contributed by atoms with Crippen molar-refractivity contribution in [1.82, 2.24) is 5.32 Å². The molecule has 0 aliphatic heterocycles. The Morgan fingerprint density at radius 1 is 1.47 bits per heavy atom. The van der Waals surface area contributed by atoms with Crippen molar-refractivity contribution in [2.75, 3.05) is 12.3 Å². The Morgan fingerprint density at radius 3 is 2.68 bits per heavy atom. The molecule has 5 nitrogen and oxygen atoms in total. The van der Waals surface area contributed by atoms with Crippen molar-refractivity contribution in [3.05, 3.63) is 23.2 Å². The molecule has 0 aromatic heterocycles. The molecule has 1 aromatic rings. The molecule has 7 heteroatoms. The standard InChI is InChI=1S/C12H17ClN2O3S/c1-3-6-15-12(16)8(2)19(17,18)11-7-9(14)4-5-10(11)13/h4-5,7-8H,3,6,14H2,1-2H3,(H,15,16). The van der Waals surface area contributed by atoms with Crippen molar-refractivity contribution >= 4 is 33.0 Å². The minimum atomic E-state index is -3.85. The first-order chi connectivity index (χ1) is 8.80. The Kier molecular flexibility index (Phi) is 5.20. The average molecular weight is 305 g/mol. The number of benzene rings is 1. The molecule has 1 rings (SSSR count). The van der Waals surface area contributed by atoms with Gasteiger partial charge in [-0.25, -0.2) is 8.42 Å². The number of sulfone groups is 1. The lowest BCUT2D eigenvalue weighted by atomic mass is 10.3. The summed E-state index contributed by atoms with van der Waals surface area (Å²) in [5.41, 5.74) is 5.84. The first kappa shape index (κ1) is 15.8. The predicted octanol–water partition coefficient (Wildman–Crippen LogP) is 1.61. The number of hydrogen-bond acceptors (Lipinski definition) is 4. The summed E-state index contributed by atoms with van der Waals surface area (Å²) in [6, 6.07) is 4.17. The van der Waals surface area contributed by atoms with E-state index in [1.54, 1.807) is 0 Å². The summed E-state index contributed by atoms with van der Waals surface area (Å²) in [7, 11) is -3.85. The fourth-order valence-electron chi connectivity index (χ4n) is 1.46. The van der Waals surface area contributed by atoms with E-state index in [-0.39, 0.29) is 15.6 Å². The minimum Gasteiger partial charge on any atom is -0.399 e. The molecule has 0 aliphatic carbocycles. The number of amides is 1. The van der Waals surface area contributed by atoms with Gasteiger partial charge in [0, 0.05) is 12.2 Å². The number of hydrogen-bond donors (Lipinski definition) is 2. The van der Waals surface area contributed by atoms with Gasteiger partial charge in [-0.05, 0) is 31.5 Å². The maximum Gasteiger partial charge on any atom is 0.238 e. The third-order valence-electron chi connectivity index (χ3n) is 2.65. The van der Waals surface area contributed by atoms with Gasteiger partial charge in [0.2, 0.25) is 5.91 Å². The molecule has 0 radical (unpaired) electrons. The maximum atomic E-state index is 12.3. The molecule has 3 N–H and O–H groups in total. The lowest BCUT2D eigenvalue weighted by Crippen LogP contribution is -2.38. The fourth-order valence-corrected chi connectivity index (χ4v) is 3.29. The Bertz CT molecular complexity index is 572. The lowest BCUT2D eigenvalue weighted by molar-refractivity contribution is -0.120. The van der Waals surface area contributed by atoms with E-state index >= 15 is 0 Å². The van der Waals surface area contributed by atoms with Gasteiger partial charge in [0.05, 0.1) is 9.92 Å². The maximum absolute atomic E-state index is 12.3. The first-order valence-corrected chi connectivity index (χ1v) is 7.79. The summed E-state index contributed by atoms with van der Waals surface area (Å²) < 4.78 is 24.6. The van der Waals surface area contributed by atoms with Gasteiger partial charge in [-0.1, -0.05) is 18.5 Å². The molecule has 0 saturated heterocycles. The largest absolute Gasteiger partial charge is 0.399 e. The second-order valence-corrected chi connectivity index (χ2v) is 6.81. The van der Waals surface area contributed by atoms with Crippen LogP contribution in [0.3, 0.4) is 0 Å². The van der Waals surface area contributed by atoms with Crippen molar-refractivity contribution in [3.63, 3.8) is 0 Å². The van der Waals surface area contributed by atoms with Crippen LogP contribution in [0.1, 0.15) is 20.3 Å². The molecule has 19 heavy (non-hydrogen) atoms. The van der Waals surface area contributed by atoms with Crippen molar-refractivity contribution in [2.24, 2.45) is 0 Å². The normalized spacial score (nSPS) is 13.0. The monoisotopic (exact) mass is 304 g/mol. The smallest absolute Gasteiger partial charge is 0.238 e. The van der Waals surface area contributed by atoms with Crippen LogP contribution in [0.4, 0.5) is 5.69 Å². The van der Waals surface area contributed by atoms with Gasteiger partial charge in [0.15, 0.2) is 9.84 Å². The van der Waals surface area contributed by atoms with Crippen molar-refractivity contribution in [3.8, 4) is 0 Å². The lowest BCUT2D eigenvalue weighted by Gasteiger charge is -2.14. The third kappa shape index (κ3) is 3.61. The van der Waals surface area contributed by atoms with Crippen LogP contribution in [0, 0.1) is 0 Å². The molecule has 1 unspecified atom stereocenters. The highest BCUT2D eigenvalue weighted by Gasteiger charge is 2.31. The molecule has 0 spiro atoms.